The fourth-order valence-electron chi connectivity index (χ4n) is 2.39. The van der Waals surface area contributed by atoms with E-state index < -0.39 is 5.97 Å². The van der Waals surface area contributed by atoms with Gasteiger partial charge in [-0.25, -0.2) is 0 Å². The van der Waals surface area contributed by atoms with Crippen LogP contribution in [-0.2, 0) is 16.1 Å². The maximum Gasteiger partial charge on any atom is 0.309 e. The lowest BCUT2D eigenvalue weighted by Crippen LogP contribution is -2.10. The van der Waals surface area contributed by atoms with Crippen LogP contribution < -0.4 is 14.2 Å². The highest BCUT2D eigenvalue weighted by Gasteiger charge is 2.15. The lowest BCUT2D eigenvalue weighted by atomic mass is 10.2. The molecule has 0 amide bonds. The first-order valence-electron chi connectivity index (χ1n) is 8.58. The van der Waals surface area contributed by atoms with E-state index in [4.69, 9.17) is 23.5 Å². The largest absolute Gasteiger partial charge is 0.497 e. The molecule has 3 rings (SSSR count). The van der Waals surface area contributed by atoms with Crippen LogP contribution in [0.1, 0.15) is 12.3 Å². The predicted molar refractivity (Wildman–Crippen MR) is 99.2 cm³/mol. The summed E-state index contributed by atoms with van der Waals surface area (Å²) in [5, 5.41) is 3.91. The molecule has 8 heteroatoms. The first kappa shape index (κ1) is 19.2. The van der Waals surface area contributed by atoms with Gasteiger partial charge in [-0.05, 0) is 24.3 Å². The van der Waals surface area contributed by atoms with Crippen molar-refractivity contribution >= 4 is 5.97 Å². The van der Waals surface area contributed by atoms with Gasteiger partial charge in [0.2, 0.25) is 5.82 Å². The lowest BCUT2D eigenvalue weighted by molar-refractivity contribution is -0.146. The number of ether oxygens (including phenoxy) is 4. The quantitative estimate of drug-likeness (QED) is 0.519. The van der Waals surface area contributed by atoms with Gasteiger partial charge >= 0.3 is 5.97 Å². The second kappa shape index (κ2) is 9.40. The SMILES string of the molecule is COc1ccc(-c2noc(COC(=O)CCOc3ccccc3)n2)c(OC)c1. The summed E-state index contributed by atoms with van der Waals surface area (Å²) < 4.78 is 26.2. The molecule has 0 saturated carbocycles. The normalized spacial score (nSPS) is 10.4. The van der Waals surface area contributed by atoms with Crippen LogP contribution in [-0.4, -0.2) is 36.9 Å². The zero-order valence-electron chi connectivity index (χ0n) is 15.6. The van der Waals surface area contributed by atoms with Gasteiger partial charge in [-0.15, -0.1) is 0 Å². The number of rotatable bonds is 9. The van der Waals surface area contributed by atoms with Crippen LogP contribution in [0.5, 0.6) is 17.2 Å². The van der Waals surface area contributed by atoms with Crippen molar-refractivity contribution in [2.45, 2.75) is 13.0 Å². The van der Waals surface area contributed by atoms with Crippen LogP contribution in [0.2, 0.25) is 0 Å². The molecule has 0 fully saturated rings. The van der Waals surface area contributed by atoms with Crippen molar-refractivity contribution in [2.24, 2.45) is 0 Å². The highest BCUT2D eigenvalue weighted by molar-refractivity contribution is 5.69. The van der Waals surface area contributed by atoms with E-state index in [1.165, 1.54) is 0 Å². The molecule has 0 radical (unpaired) electrons. The minimum Gasteiger partial charge on any atom is -0.497 e. The van der Waals surface area contributed by atoms with E-state index in [0.29, 0.717) is 28.6 Å². The molecular formula is C20H20N2O6. The standard InChI is InChI=1S/C20H20N2O6/c1-24-15-8-9-16(17(12-15)25-2)20-21-18(28-22-20)13-27-19(23)10-11-26-14-6-4-3-5-7-14/h3-9,12H,10-11,13H2,1-2H3. The third-order valence-corrected chi connectivity index (χ3v) is 3.79. The number of nitrogens with zero attached hydrogens (tertiary/aromatic N) is 2. The second-order valence-electron chi connectivity index (χ2n) is 5.65. The summed E-state index contributed by atoms with van der Waals surface area (Å²) >= 11 is 0. The summed E-state index contributed by atoms with van der Waals surface area (Å²) in [6.45, 7) is 0.108. The topological polar surface area (TPSA) is 92.9 Å². The van der Waals surface area contributed by atoms with Crippen molar-refractivity contribution < 1.29 is 28.3 Å². The molecule has 0 bridgehead atoms. The number of hydrogen-bond acceptors (Lipinski definition) is 8. The van der Waals surface area contributed by atoms with Crippen LogP contribution >= 0.6 is 0 Å². The maximum atomic E-state index is 11.8. The zero-order chi connectivity index (χ0) is 19.8. The van der Waals surface area contributed by atoms with Crippen molar-refractivity contribution in [3.05, 3.63) is 54.4 Å². The first-order chi connectivity index (χ1) is 13.7. The van der Waals surface area contributed by atoms with E-state index in [1.54, 1.807) is 32.4 Å². The van der Waals surface area contributed by atoms with Gasteiger partial charge in [0.25, 0.3) is 5.89 Å². The fourth-order valence-corrected chi connectivity index (χ4v) is 2.39. The number of hydrogen-bond donors (Lipinski definition) is 0. The Bertz CT molecular complexity index is 910. The van der Waals surface area contributed by atoms with E-state index >= 15 is 0 Å². The van der Waals surface area contributed by atoms with E-state index in [0.717, 1.165) is 0 Å². The summed E-state index contributed by atoms with van der Waals surface area (Å²) in [7, 11) is 3.11. The van der Waals surface area contributed by atoms with Gasteiger partial charge in [-0.3, -0.25) is 4.79 Å². The molecule has 0 aliphatic heterocycles. The molecule has 146 valence electrons. The van der Waals surface area contributed by atoms with Crippen molar-refractivity contribution in [3.63, 3.8) is 0 Å². The zero-order valence-corrected chi connectivity index (χ0v) is 15.6. The predicted octanol–water partition coefficient (Wildman–Crippen LogP) is 3.27. The Hall–Kier alpha value is -3.55. The van der Waals surface area contributed by atoms with Gasteiger partial charge < -0.3 is 23.5 Å². The highest BCUT2D eigenvalue weighted by Crippen LogP contribution is 2.31. The fraction of sp³-hybridized carbons (Fsp3) is 0.250. The Kier molecular flexibility index (Phi) is 6.46. The average Bonchev–Trinajstić information content (AvgIpc) is 3.21. The van der Waals surface area contributed by atoms with Gasteiger partial charge in [0.1, 0.15) is 17.2 Å². The Morgan fingerprint density at radius 3 is 2.61 bits per heavy atom. The molecule has 28 heavy (non-hydrogen) atoms. The number of methoxy groups -OCH3 is 2. The van der Waals surface area contributed by atoms with Crippen molar-refractivity contribution in [2.75, 3.05) is 20.8 Å². The van der Waals surface area contributed by atoms with E-state index in [9.17, 15) is 4.79 Å². The van der Waals surface area contributed by atoms with Crippen LogP contribution in [0.4, 0.5) is 0 Å². The van der Waals surface area contributed by atoms with Gasteiger partial charge in [-0.2, -0.15) is 4.98 Å². The summed E-state index contributed by atoms with van der Waals surface area (Å²) in [5.74, 6) is 1.99. The molecule has 2 aromatic carbocycles. The number of carbonyl (C=O) groups is 1. The third-order valence-electron chi connectivity index (χ3n) is 3.79. The molecule has 1 aromatic heterocycles. The molecule has 3 aromatic rings. The number of carbonyl (C=O) groups excluding carboxylic acids is 1. The molecule has 0 N–H and O–H groups in total. The summed E-state index contributed by atoms with van der Waals surface area (Å²) in [4.78, 5) is 16.1. The highest BCUT2D eigenvalue weighted by atomic mass is 16.6. The second-order valence-corrected chi connectivity index (χ2v) is 5.65. The summed E-state index contributed by atoms with van der Waals surface area (Å²) in [6.07, 6.45) is 0.113. The molecule has 0 saturated heterocycles. The summed E-state index contributed by atoms with van der Waals surface area (Å²) in [5.41, 5.74) is 0.640. The van der Waals surface area contributed by atoms with Gasteiger partial charge in [0.05, 0.1) is 32.8 Å². The molecule has 0 aliphatic rings. The first-order valence-corrected chi connectivity index (χ1v) is 8.58. The smallest absolute Gasteiger partial charge is 0.309 e. The van der Waals surface area contributed by atoms with E-state index in [2.05, 4.69) is 10.1 Å². The number of esters is 1. The Balaban J connectivity index is 1.51. The van der Waals surface area contributed by atoms with Crippen LogP contribution in [0.15, 0.2) is 53.1 Å². The monoisotopic (exact) mass is 384 g/mol. The molecular weight excluding hydrogens is 364 g/mol. The van der Waals surface area contributed by atoms with E-state index in [1.807, 2.05) is 30.3 Å². The molecule has 8 nitrogen and oxygen atoms in total. The van der Waals surface area contributed by atoms with Crippen LogP contribution in [0, 0.1) is 0 Å². The van der Waals surface area contributed by atoms with Gasteiger partial charge in [-0.1, -0.05) is 23.4 Å². The lowest BCUT2D eigenvalue weighted by Gasteiger charge is -2.07. The van der Waals surface area contributed by atoms with E-state index in [-0.39, 0.29) is 25.5 Å². The number of aromatic nitrogens is 2. The summed E-state index contributed by atoms with van der Waals surface area (Å²) in [6, 6.07) is 14.5. The van der Waals surface area contributed by atoms with Crippen molar-refractivity contribution in [3.8, 4) is 28.6 Å². The molecule has 0 aliphatic carbocycles. The molecule has 0 unspecified atom stereocenters. The Morgan fingerprint density at radius 1 is 1.04 bits per heavy atom. The van der Waals surface area contributed by atoms with Crippen LogP contribution in [0.3, 0.4) is 0 Å². The number of para-hydroxylation sites is 1. The minimum atomic E-state index is -0.419. The van der Waals surface area contributed by atoms with Crippen LogP contribution in [0.25, 0.3) is 11.4 Å². The Morgan fingerprint density at radius 2 is 1.86 bits per heavy atom. The molecule has 0 atom stereocenters. The molecule has 0 spiro atoms. The average molecular weight is 384 g/mol. The van der Waals surface area contributed by atoms with Crippen molar-refractivity contribution in [1.82, 2.24) is 10.1 Å². The number of benzene rings is 2. The maximum absolute atomic E-state index is 11.8. The Labute approximate surface area is 162 Å². The third kappa shape index (κ3) is 5.00. The minimum absolute atomic E-state index is 0.113. The van der Waals surface area contributed by atoms with Gasteiger partial charge in [0, 0.05) is 6.07 Å². The van der Waals surface area contributed by atoms with Crippen molar-refractivity contribution in [1.29, 1.82) is 0 Å². The van der Waals surface area contributed by atoms with Gasteiger partial charge in [0.15, 0.2) is 6.61 Å². The molecule has 1 heterocycles.